The molecule has 0 atom stereocenters. The first-order chi connectivity index (χ1) is 16.1. The summed E-state index contributed by atoms with van der Waals surface area (Å²) in [6.07, 6.45) is 1.47. The van der Waals surface area contributed by atoms with Crippen molar-refractivity contribution in [2.45, 2.75) is 0 Å². The summed E-state index contributed by atoms with van der Waals surface area (Å²) < 4.78 is 14.4. The van der Waals surface area contributed by atoms with Crippen molar-refractivity contribution in [2.75, 3.05) is 4.90 Å². The number of benzene rings is 3. The van der Waals surface area contributed by atoms with E-state index in [1.54, 1.807) is 6.07 Å². The molecule has 0 saturated carbocycles. The first kappa shape index (κ1) is 21.6. The first-order valence-electron chi connectivity index (χ1n) is 9.93. The van der Waals surface area contributed by atoms with Crippen molar-refractivity contribution < 1.29 is 9.18 Å². The number of thioether (sulfide) groups is 1. The fourth-order valence-electron chi connectivity index (χ4n) is 3.27. The Labute approximate surface area is 203 Å². The molecule has 1 aliphatic rings. The lowest BCUT2D eigenvalue weighted by Crippen LogP contribution is -2.28. The van der Waals surface area contributed by atoms with Crippen LogP contribution in [0, 0.1) is 5.82 Å². The quantitative estimate of drug-likeness (QED) is 0.279. The van der Waals surface area contributed by atoms with Gasteiger partial charge in [0.1, 0.15) is 5.82 Å². The van der Waals surface area contributed by atoms with Crippen molar-refractivity contribution in [2.24, 2.45) is 4.99 Å². The summed E-state index contributed by atoms with van der Waals surface area (Å²) in [5.41, 5.74) is 2.64. The summed E-state index contributed by atoms with van der Waals surface area (Å²) in [6.45, 7) is 0. The van der Waals surface area contributed by atoms with E-state index in [9.17, 15) is 9.18 Å². The van der Waals surface area contributed by atoms with Crippen molar-refractivity contribution in [3.63, 3.8) is 0 Å². The first-order valence-corrected chi connectivity index (χ1v) is 12.0. The molecule has 162 valence electrons. The molecule has 0 radical (unpaired) electrons. The number of hydrogen-bond acceptors (Lipinski definition) is 5. The maximum atomic E-state index is 14.4. The monoisotopic (exact) mass is 491 g/mol. The molecule has 4 nitrogen and oxygen atoms in total. The van der Waals surface area contributed by atoms with Gasteiger partial charge in [-0.25, -0.2) is 9.37 Å². The van der Waals surface area contributed by atoms with Crippen LogP contribution in [0.3, 0.4) is 0 Å². The second-order valence-corrected chi connectivity index (χ2v) is 9.25. The molecule has 8 heteroatoms. The fourth-order valence-corrected chi connectivity index (χ4v) is 5.21. The Hall–Kier alpha value is -3.26. The molecular weight excluding hydrogens is 477 g/mol. The van der Waals surface area contributed by atoms with Gasteiger partial charge in [-0.1, -0.05) is 66.2 Å². The number of carbonyl (C=O) groups is 1. The van der Waals surface area contributed by atoms with Gasteiger partial charge in [0.25, 0.3) is 5.91 Å². The standard InChI is InChI=1S/C25H15ClFN3OS2/c26-19-12-7-13-20(27)18(19)14-22-23(31)30(17-10-5-2-6-11-17)25(33-22)29-24-28-21(15-32-24)16-8-3-1-4-9-16/h1-15H/b22-14-,29-25+. The molecule has 1 aromatic heterocycles. The lowest BCUT2D eigenvalue weighted by molar-refractivity contribution is -0.113. The average Bonchev–Trinajstić information content (AvgIpc) is 3.42. The second-order valence-electron chi connectivity index (χ2n) is 7.00. The van der Waals surface area contributed by atoms with Gasteiger partial charge in [-0.3, -0.25) is 9.69 Å². The average molecular weight is 492 g/mol. The topological polar surface area (TPSA) is 45.6 Å². The number of carbonyl (C=O) groups excluding carboxylic acids is 1. The zero-order chi connectivity index (χ0) is 22.8. The van der Waals surface area contributed by atoms with E-state index in [0.29, 0.717) is 20.9 Å². The predicted molar refractivity (Wildman–Crippen MR) is 136 cm³/mol. The third-order valence-corrected chi connectivity index (χ3v) is 6.88. The summed E-state index contributed by atoms with van der Waals surface area (Å²) in [4.78, 5) is 24.5. The summed E-state index contributed by atoms with van der Waals surface area (Å²) in [7, 11) is 0. The van der Waals surface area contributed by atoms with E-state index in [1.807, 2.05) is 66.0 Å². The molecule has 0 aliphatic carbocycles. The number of amidine groups is 1. The van der Waals surface area contributed by atoms with Gasteiger partial charge in [0.05, 0.1) is 21.3 Å². The Morgan fingerprint density at radius 1 is 0.970 bits per heavy atom. The van der Waals surface area contributed by atoms with E-state index in [2.05, 4.69) is 9.98 Å². The van der Waals surface area contributed by atoms with Crippen molar-refractivity contribution in [1.82, 2.24) is 4.98 Å². The molecule has 1 saturated heterocycles. The number of aromatic nitrogens is 1. The highest BCUT2D eigenvalue weighted by atomic mass is 35.5. The molecule has 0 bridgehead atoms. The number of halogens is 2. The SMILES string of the molecule is O=C1/C(=C/c2c(F)cccc2Cl)S/C(=N/c2nc(-c3ccccc3)cs2)N1c1ccccc1. The van der Waals surface area contributed by atoms with Crippen molar-refractivity contribution in [3.05, 3.63) is 106 Å². The van der Waals surface area contributed by atoms with Gasteiger partial charge in [0.2, 0.25) is 5.13 Å². The van der Waals surface area contributed by atoms with Crippen LogP contribution in [0.15, 0.2) is 94.1 Å². The Morgan fingerprint density at radius 2 is 1.70 bits per heavy atom. The third kappa shape index (κ3) is 4.48. The molecule has 0 N–H and O–H groups in total. The smallest absolute Gasteiger partial charge is 0.268 e. The summed E-state index contributed by atoms with van der Waals surface area (Å²) >= 11 is 8.73. The summed E-state index contributed by atoms with van der Waals surface area (Å²) in [5, 5.41) is 3.13. The predicted octanol–water partition coefficient (Wildman–Crippen LogP) is 7.41. The van der Waals surface area contributed by atoms with Crippen LogP contribution in [0.4, 0.5) is 15.2 Å². The molecule has 33 heavy (non-hydrogen) atoms. The molecule has 0 unspecified atom stereocenters. The number of hydrogen-bond donors (Lipinski definition) is 0. The van der Waals surface area contributed by atoms with Crippen LogP contribution in [0.1, 0.15) is 5.56 Å². The van der Waals surface area contributed by atoms with Crippen LogP contribution < -0.4 is 4.90 Å². The summed E-state index contributed by atoms with van der Waals surface area (Å²) in [6, 6.07) is 23.5. The molecule has 1 fully saturated rings. The molecule has 5 rings (SSSR count). The zero-order valence-electron chi connectivity index (χ0n) is 17.0. The molecule has 1 aliphatic heterocycles. The van der Waals surface area contributed by atoms with E-state index in [-0.39, 0.29) is 16.5 Å². The van der Waals surface area contributed by atoms with Gasteiger partial charge in [-0.05, 0) is 42.1 Å². The van der Waals surface area contributed by atoms with E-state index < -0.39 is 5.82 Å². The number of rotatable bonds is 4. The molecule has 3 aromatic carbocycles. The largest absolute Gasteiger partial charge is 0.271 e. The van der Waals surface area contributed by atoms with Crippen LogP contribution in [0.2, 0.25) is 5.02 Å². The lowest BCUT2D eigenvalue weighted by atomic mass is 10.2. The van der Waals surface area contributed by atoms with E-state index in [1.165, 1.54) is 34.4 Å². The van der Waals surface area contributed by atoms with Gasteiger partial charge >= 0.3 is 0 Å². The van der Waals surface area contributed by atoms with Crippen LogP contribution in [0.5, 0.6) is 0 Å². The van der Waals surface area contributed by atoms with Crippen LogP contribution >= 0.6 is 34.7 Å². The van der Waals surface area contributed by atoms with Gasteiger partial charge in [0, 0.05) is 16.5 Å². The molecule has 0 spiro atoms. The number of thiazole rings is 1. The number of aliphatic imine (C=N–C) groups is 1. The Bertz CT molecular complexity index is 1370. The Morgan fingerprint density at radius 3 is 2.42 bits per heavy atom. The normalized spacial score (nSPS) is 16.2. The highest BCUT2D eigenvalue weighted by molar-refractivity contribution is 8.19. The minimum atomic E-state index is -0.493. The van der Waals surface area contributed by atoms with Crippen LogP contribution in [-0.4, -0.2) is 16.1 Å². The molecule has 1 amide bonds. The minimum absolute atomic E-state index is 0.171. The summed E-state index contributed by atoms with van der Waals surface area (Å²) in [5.74, 6) is -0.795. The highest BCUT2D eigenvalue weighted by Crippen LogP contribution is 2.39. The number of anilines is 1. The number of para-hydroxylation sites is 1. The number of amides is 1. The lowest BCUT2D eigenvalue weighted by Gasteiger charge is -2.14. The van der Waals surface area contributed by atoms with Gasteiger partial charge in [-0.15, -0.1) is 11.3 Å². The highest BCUT2D eigenvalue weighted by Gasteiger charge is 2.35. The van der Waals surface area contributed by atoms with Gasteiger partial charge < -0.3 is 0 Å². The fraction of sp³-hybridized carbons (Fsp3) is 0. The maximum absolute atomic E-state index is 14.4. The minimum Gasteiger partial charge on any atom is -0.268 e. The van der Waals surface area contributed by atoms with E-state index in [4.69, 9.17) is 11.6 Å². The van der Waals surface area contributed by atoms with Crippen molar-refractivity contribution in [1.29, 1.82) is 0 Å². The van der Waals surface area contributed by atoms with Gasteiger partial charge in [0.15, 0.2) is 5.17 Å². The van der Waals surface area contributed by atoms with E-state index in [0.717, 1.165) is 23.0 Å². The van der Waals surface area contributed by atoms with Crippen molar-refractivity contribution >= 4 is 62.7 Å². The molecule has 4 aromatic rings. The third-order valence-electron chi connectivity index (χ3n) is 4.85. The maximum Gasteiger partial charge on any atom is 0.271 e. The Kier molecular flexibility index (Phi) is 6.09. The second kappa shape index (κ2) is 9.31. The van der Waals surface area contributed by atoms with Crippen LogP contribution in [0.25, 0.3) is 17.3 Å². The zero-order valence-corrected chi connectivity index (χ0v) is 19.4. The van der Waals surface area contributed by atoms with Crippen molar-refractivity contribution in [3.8, 4) is 11.3 Å². The van der Waals surface area contributed by atoms with Crippen LogP contribution in [-0.2, 0) is 4.79 Å². The molecular formula is C25H15ClFN3OS2. The van der Waals surface area contributed by atoms with E-state index >= 15 is 0 Å². The number of nitrogens with zero attached hydrogens (tertiary/aromatic N) is 3. The Balaban J connectivity index is 1.56. The van der Waals surface area contributed by atoms with Gasteiger partial charge in [-0.2, -0.15) is 4.99 Å². The molecule has 2 heterocycles.